The number of amides is 2. The summed E-state index contributed by atoms with van der Waals surface area (Å²) in [5.74, 6) is 1.18. The third kappa shape index (κ3) is 4.13. The lowest BCUT2D eigenvalue weighted by Gasteiger charge is -2.17. The number of ether oxygens (including phenoxy) is 2. The summed E-state index contributed by atoms with van der Waals surface area (Å²) in [5.41, 5.74) is 1.36. The van der Waals surface area contributed by atoms with Crippen molar-refractivity contribution in [1.82, 2.24) is 0 Å². The lowest BCUT2D eigenvalue weighted by Crippen LogP contribution is -2.32. The monoisotopic (exact) mass is 516 g/mol. The predicted molar refractivity (Wildman–Crippen MR) is 136 cm³/mol. The number of nitro benzene ring substituents is 1. The van der Waals surface area contributed by atoms with Gasteiger partial charge < -0.3 is 9.47 Å². The number of anilines is 1. The van der Waals surface area contributed by atoms with Crippen molar-refractivity contribution in [3.63, 3.8) is 0 Å². The van der Waals surface area contributed by atoms with Crippen LogP contribution in [-0.4, -0.2) is 16.7 Å². The number of benzene rings is 3. The highest BCUT2D eigenvalue weighted by atomic mass is 35.5. The number of nitro groups is 1. The second-order valence-corrected chi connectivity index (χ2v) is 9.82. The van der Waals surface area contributed by atoms with Crippen molar-refractivity contribution >= 4 is 34.8 Å². The molecule has 4 atom stereocenters. The zero-order valence-electron chi connectivity index (χ0n) is 19.5. The molecule has 3 aliphatic rings. The lowest BCUT2D eigenvalue weighted by molar-refractivity contribution is -0.384. The van der Waals surface area contributed by atoms with Gasteiger partial charge in [-0.1, -0.05) is 35.9 Å². The van der Waals surface area contributed by atoms with Gasteiger partial charge in [-0.15, -0.1) is 0 Å². The smallest absolute Gasteiger partial charge is 0.271 e. The summed E-state index contributed by atoms with van der Waals surface area (Å²) in [7, 11) is 0. The number of fused-ring (bicyclic) bond motifs is 5. The van der Waals surface area contributed by atoms with Crippen molar-refractivity contribution in [3.05, 3.63) is 99.6 Å². The van der Waals surface area contributed by atoms with Crippen molar-refractivity contribution in [3.8, 4) is 17.2 Å². The summed E-state index contributed by atoms with van der Waals surface area (Å²) in [6.45, 7) is 0.304. The van der Waals surface area contributed by atoms with Crippen molar-refractivity contribution in [1.29, 1.82) is 0 Å². The Balaban J connectivity index is 1.06. The second kappa shape index (κ2) is 9.05. The molecule has 1 saturated heterocycles. The summed E-state index contributed by atoms with van der Waals surface area (Å²) >= 11 is 6.09. The Bertz CT molecular complexity index is 1410. The molecule has 2 aliphatic carbocycles. The molecule has 0 radical (unpaired) electrons. The lowest BCUT2D eigenvalue weighted by atomic mass is 9.85. The van der Waals surface area contributed by atoms with Crippen LogP contribution in [0.5, 0.6) is 17.2 Å². The Morgan fingerprint density at radius 1 is 0.892 bits per heavy atom. The fourth-order valence-corrected chi connectivity index (χ4v) is 5.70. The average molecular weight is 517 g/mol. The Hall–Kier alpha value is -4.17. The molecular formula is C28H21ClN2O6. The van der Waals surface area contributed by atoms with E-state index in [1.807, 2.05) is 12.1 Å². The first-order valence-electron chi connectivity index (χ1n) is 11.9. The molecule has 0 spiro atoms. The summed E-state index contributed by atoms with van der Waals surface area (Å²) < 4.78 is 11.6. The largest absolute Gasteiger partial charge is 0.489 e. The topological polar surface area (TPSA) is 99.0 Å². The van der Waals surface area contributed by atoms with Crippen LogP contribution in [0, 0.1) is 33.8 Å². The zero-order chi connectivity index (χ0) is 25.7. The van der Waals surface area contributed by atoms with Crippen molar-refractivity contribution in [2.75, 3.05) is 4.90 Å². The van der Waals surface area contributed by atoms with Gasteiger partial charge >= 0.3 is 0 Å². The van der Waals surface area contributed by atoms with Crippen LogP contribution in [0.25, 0.3) is 0 Å². The van der Waals surface area contributed by atoms with E-state index < -0.39 is 4.92 Å². The van der Waals surface area contributed by atoms with Gasteiger partial charge in [0.15, 0.2) is 0 Å². The third-order valence-electron chi connectivity index (χ3n) is 7.25. The van der Waals surface area contributed by atoms with Crippen LogP contribution in [0.1, 0.15) is 12.0 Å². The molecule has 1 heterocycles. The minimum atomic E-state index is -0.519. The van der Waals surface area contributed by atoms with Crippen LogP contribution in [0.15, 0.2) is 78.9 Å². The molecule has 2 bridgehead atoms. The fraction of sp³-hybridized carbons (Fsp3) is 0.214. The van der Waals surface area contributed by atoms with Crippen LogP contribution in [0.2, 0.25) is 5.02 Å². The highest BCUT2D eigenvalue weighted by Crippen LogP contribution is 2.53. The molecule has 2 amide bonds. The number of nitrogens with zero attached hydrogens (tertiary/aromatic N) is 2. The number of hydrogen-bond acceptors (Lipinski definition) is 6. The summed E-state index contributed by atoms with van der Waals surface area (Å²) in [5, 5.41) is 11.0. The van der Waals surface area contributed by atoms with Crippen LogP contribution in [-0.2, 0) is 16.2 Å². The van der Waals surface area contributed by atoms with Gasteiger partial charge in [-0.2, -0.15) is 0 Å². The van der Waals surface area contributed by atoms with E-state index in [9.17, 15) is 19.7 Å². The molecule has 186 valence electrons. The van der Waals surface area contributed by atoms with Crippen LogP contribution < -0.4 is 14.4 Å². The second-order valence-electron chi connectivity index (χ2n) is 9.41. The van der Waals surface area contributed by atoms with Gasteiger partial charge in [0.1, 0.15) is 23.9 Å². The Labute approximate surface area is 217 Å². The number of carbonyl (C=O) groups is 2. The number of halogens is 1. The number of allylic oxidation sites excluding steroid dienone is 2. The van der Waals surface area contributed by atoms with Crippen molar-refractivity contribution < 1.29 is 24.0 Å². The zero-order valence-corrected chi connectivity index (χ0v) is 20.2. The number of carbonyl (C=O) groups excluding carboxylic acids is 2. The maximum atomic E-state index is 13.0. The molecule has 3 aromatic carbocycles. The van der Waals surface area contributed by atoms with E-state index in [0.717, 1.165) is 12.0 Å². The third-order valence-corrected chi connectivity index (χ3v) is 7.54. The number of hydrogen-bond donors (Lipinski definition) is 0. The maximum absolute atomic E-state index is 13.0. The highest BCUT2D eigenvalue weighted by molar-refractivity contribution is 6.32. The van der Waals surface area contributed by atoms with Gasteiger partial charge in [-0.25, -0.2) is 0 Å². The average Bonchev–Trinajstić information content (AvgIpc) is 3.59. The van der Waals surface area contributed by atoms with Crippen LogP contribution in [0.4, 0.5) is 11.4 Å². The van der Waals surface area contributed by atoms with Gasteiger partial charge in [-0.3, -0.25) is 24.6 Å². The van der Waals surface area contributed by atoms with Crippen molar-refractivity contribution in [2.45, 2.75) is 13.0 Å². The Morgan fingerprint density at radius 2 is 1.51 bits per heavy atom. The first-order valence-corrected chi connectivity index (χ1v) is 12.3. The van der Waals surface area contributed by atoms with Crippen LogP contribution >= 0.6 is 11.6 Å². The molecule has 9 heteroatoms. The molecule has 6 rings (SSSR count). The molecular weight excluding hydrogens is 496 g/mol. The first-order chi connectivity index (χ1) is 17.9. The minimum Gasteiger partial charge on any atom is -0.489 e. The molecule has 1 saturated carbocycles. The van der Waals surface area contributed by atoms with E-state index in [-0.39, 0.29) is 46.2 Å². The molecule has 37 heavy (non-hydrogen) atoms. The maximum Gasteiger partial charge on any atom is 0.271 e. The summed E-state index contributed by atoms with van der Waals surface area (Å²) in [6.07, 6.45) is 5.08. The molecule has 0 N–H and O–H groups in total. The van der Waals surface area contributed by atoms with E-state index in [1.165, 1.54) is 23.1 Å². The van der Waals surface area contributed by atoms with Gasteiger partial charge in [0.05, 0.1) is 27.5 Å². The van der Waals surface area contributed by atoms with Crippen molar-refractivity contribution in [2.24, 2.45) is 23.7 Å². The predicted octanol–water partition coefficient (Wildman–Crippen LogP) is 5.93. The molecule has 0 aromatic heterocycles. The quantitative estimate of drug-likeness (QED) is 0.167. The molecule has 3 aromatic rings. The SMILES string of the molecule is O=C1[C@@H]2[C@@H](C(=O)N1c1ccc(OCc3ccc(Oc4ccc([N+](=O)[O-])cc4Cl)cc3)cc1)[C@H]1C=C[C@@H]2C1. The number of non-ortho nitro benzene ring substituents is 1. The van der Waals surface area contributed by atoms with E-state index in [4.69, 9.17) is 21.1 Å². The standard InChI is InChI=1S/C28H21ClN2O6/c29-23-14-20(31(34)35)7-12-24(23)37-22-8-1-16(2-9-22)15-36-21-10-5-19(6-11-21)30-27(32)25-17-3-4-18(13-17)26(25)28(30)33/h1-12,14,17-18,25-26H,13,15H2/t17-,18+,25-,26-/m0/s1. The fourth-order valence-electron chi connectivity index (χ4n) is 5.48. The minimum absolute atomic E-state index is 0.0992. The van der Waals surface area contributed by atoms with Gasteiger partial charge in [0.25, 0.3) is 5.69 Å². The number of rotatable bonds is 7. The van der Waals surface area contributed by atoms with E-state index in [2.05, 4.69) is 12.2 Å². The number of imide groups is 1. The van der Waals surface area contributed by atoms with Gasteiger partial charge in [0.2, 0.25) is 11.8 Å². The van der Waals surface area contributed by atoms with Crippen LogP contribution in [0.3, 0.4) is 0 Å². The van der Waals surface area contributed by atoms with E-state index in [0.29, 0.717) is 29.5 Å². The summed E-state index contributed by atoms with van der Waals surface area (Å²) in [4.78, 5) is 37.6. The van der Waals surface area contributed by atoms with Gasteiger partial charge in [0, 0.05) is 12.1 Å². The molecule has 1 aliphatic heterocycles. The Morgan fingerprint density at radius 3 is 2.11 bits per heavy atom. The van der Waals surface area contributed by atoms with Gasteiger partial charge in [-0.05, 0) is 66.3 Å². The highest BCUT2D eigenvalue weighted by Gasteiger charge is 2.59. The first kappa shape index (κ1) is 23.2. The molecule has 0 unspecified atom stereocenters. The molecule has 8 nitrogen and oxygen atoms in total. The van der Waals surface area contributed by atoms with E-state index in [1.54, 1.807) is 36.4 Å². The molecule has 2 fully saturated rings. The van der Waals surface area contributed by atoms with E-state index >= 15 is 0 Å². The summed E-state index contributed by atoms with van der Waals surface area (Å²) in [6, 6.07) is 18.2. The normalized spacial score (nSPS) is 23.4. The Kier molecular flexibility index (Phi) is 5.68.